The number of benzene rings is 1. The summed E-state index contributed by atoms with van der Waals surface area (Å²) in [6.45, 7) is 4.18. The molecule has 0 spiro atoms. The van der Waals surface area contributed by atoms with Crippen molar-refractivity contribution in [1.29, 1.82) is 0 Å². The quantitative estimate of drug-likeness (QED) is 0.679. The summed E-state index contributed by atoms with van der Waals surface area (Å²) < 4.78 is 0. The Balaban J connectivity index is 0.00000312. The van der Waals surface area contributed by atoms with Gasteiger partial charge >= 0.3 is 0 Å². The summed E-state index contributed by atoms with van der Waals surface area (Å²) in [4.78, 5) is 26.2. The van der Waals surface area contributed by atoms with E-state index in [1.807, 2.05) is 12.1 Å². The molecular weight excluding hydrogens is 375 g/mol. The predicted molar refractivity (Wildman–Crippen MR) is 111 cm³/mol. The number of amides is 2. The van der Waals surface area contributed by atoms with E-state index in [1.54, 1.807) is 19.1 Å². The molecule has 8 heteroatoms. The van der Waals surface area contributed by atoms with E-state index in [0.29, 0.717) is 17.9 Å². The number of halogens is 2. The van der Waals surface area contributed by atoms with Crippen molar-refractivity contribution in [3.8, 4) is 0 Å². The first-order valence-electron chi connectivity index (χ1n) is 8.70. The molecule has 0 radical (unpaired) electrons. The van der Waals surface area contributed by atoms with E-state index in [4.69, 9.17) is 5.73 Å². The van der Waals surface area contributed by atoms with Crippen molar-refractivity contribution < 1.29 is 9.59 Å². The summed E-state index contributed by atoms with van der Waals surface area (Å²) in [6, 6.07) is 7.01. The molecule has 1 saturated heterocycles. The number of rotatable bonds is 6. The van der Waals surface area contributed by atoms with Crippen molar-refractivity contribution in [2.24, 2.45) is 5.73 Å². The van der Waals surface area contributed by atoms with Gasteiger partial charge in [-0.25, -0.2) is 0 Å². The van der Waals surface area contributed by atoms with E-state index in [1.165, 1.54) is 12.8 Å². The van der Waals surface area contributed by atoms with Gasteiger partial charge in [0.25, 0.3) is 0 Å². The first-order valence-corrected chi connectivity index (χ1v) is 8.70. The van der Waals surface area contributed by atoms with Gasteiger partial charge in [0.05, 0.1) is 6.54 Å². The van der Waals surface area contributed by atoms with E-state index in [0.717, 1.165) is 25.9 Å². The maximum atomic E-state index is 12.2. The molecular formula is C18H30Cl2N4O2. The third-order valence-corrected chi connectivity index (χ3v) is 4.00. The second kappa shape index (κ2) is 12.9. The minimum Gasteiger partial charge on any atom is -0.327 e. The molecule has 1 aromatic carbocycles. The largest absolute Gasteiger partial charge is 0.327 e. The monoisotopic (exact) mass is 404 g/mol. The highest BCUT2D eigenvalue weighted by atomic mass is 35.5. The zero-order chi connectivity index (χ0) is 17.4. The van der Waals surface area contributed by atoms with Crippen molar-refractivity contribution in [3.05, 3.63) is 24.3 Å². The summed E-state index contributed by atoms with van der Waals surface area (Å²) >= 11 is 0. The number of nitrogens with zero attached hydrogens (tertiary/aromatic N) is 1. The average Bonchev–Trinajstić information content (AvgIpc) is 2.75. The van der Waals surface area contributed by atoms with Crippen molar-refractivity contribution in [2.75, 3.05) is 30.3 Å². The lowest BCUT2D eigenvalue weighted by molar-refractivity contribution is -0.117. The lowest BCUT2D eigenvalue weighted by Gasteiger charge is -2.19. The lowest BCUT2D eigenvalue weighted by Crippen LogP contribution is -2.33. The average molecular weight is 405 g/mol. The van der Waals surface area contributed by atoms with Crippen LogP contribution in [0.2, 0.25) is 0 Å². The molecule has 1 aromatic rings. The molecule has 1 aliphatic rings. The highest BCUT2D eigenvalue weighted by molar-refractivity contribution is 5.95. The van der Waals surface area contributed by atoms with Crippen LogP contribution in [0.3, 0.4) is 0 Å². The van der Waals surface area contributed by atoms with E-state index < -0.39 is 0 Å². The van der Waals surface area contributed by atoms with Crippen LogP contribution in [0.15, 0.2) is 24.3 Å². The molecule has 2 amide bonds. The Morgan fingerprint density at radius 1 is 1.04 bits per heavy atom. The standard InChI is InChI=1S/C18H28N4O2.2ClH/c1-14(19)11-17(23)20-15-7-6-8-16(12-15)21-18(24)13-22-9-4-2-3-5-10-22;;/h6-8,12,14H,2-5,9-11,13,19H2,1H3,(H,20,23)(H,21,24);2*1H. The normalized spacial score (nSPS) is 15.6. The maximum absolute atomic E-state index is 12.2. The fourth-order valence-corrected chi connectivity index (χ4v) is 2.88. The third-order valence-electron chi connectivity index (χ3n) is 4.00. The van der Waals surface area contributed by atoms with Gasteiger partial charge in [0.15, 0.2) is 0 Å². The third kappa shape index (κ3) is 9.38. The summed E-state index contributed by atoms with van der Waals surface area (Å²) in [5.41, 5.74) is 6.97. The number of likely N-dealkylation sites (tertiary alicyclic amines) is 1. The van der Waals surface area contributed by atoms with Gasteiger partial charge in [-0.2, -0.15) is 0 Å². The van der Waals surface area contributed by atoms with Gasteiger partial charge < -0.3 is 16.4 Å². The Bertz CT molecular complexity index is 562. The van der Waals surface area contributed by atoms with E-state index in [2.05, 4.69) is 15.5 Å². The molecule has 2 rings (SSSR count). The summed E-state index contributed by atoms with van der Waals surface area (Å²) in [6.07, 6.45) is 5.09. The number of carbonyl (C=O) groups excluding carboxylic acids is 2. The highest BCUT2D eigenvalue weighted by Crippen LogP contribution is 2.16. The van der Waals surface area contributed by atoms with Crippen LogP contribution in [-0.2, 0) is 9.59 Å². The van der Waals surface area contributed by atoms with Crippen LogP contribution in [0.4, 0.5) is 11.4 Å². The molecule has 0 aromatic heterocycles. The fraction of sp³-hybridized carbons (Fsp3) is 0.556. The Morgan fingerprint density at radius 3 is 2.12 bits per heavy atom. The second-order valence-corrected chi connectivity index (χ2v) is 6.55. The predicted octanol–water partition coefficient (Wildman–Crippen LogP) is 3.02. The molecule has 1 aliphatic heterocycles. The first-order chi connectivity index (χ1) is 11.5. The van der Waals surface area contributed by atoms with Gasteiger partial charge in [0.2, 0.25) is 11.8 Å². The summed E-state index contributed by atoms with van der Waals surface area (Å²) in [7, 11) is 0. The van der Waals surface area contributed by atoms with Gasteiger partial charge in [0, 0.05) is 23.8 Å². The molecule has 0 aliphatic carbocycles. The van der Waals surface area contributed by atoms with E-state index in [9.17, 15) is 9.59 Å². The van der Waals surface area contributed by atoms with Crippen LogP contribution in [-0.4, -0.2) is 42.4 Å². The molecule has 148 valence electrons. The Hall–Kier alpha value is -1.34. The number of nitrogens with one attached hydrogen (secondary N) is 2. The minimum absolute atomic E-state index is 0. The van der Waals surface area contributed by atoms with E-state index >= 15 is 0 Å². The number of hydrogen-bond acceptors (Lipinski definition) is 4. The van der Waals surface area contributed by atoms with Gasteiger partial charge in [-0.15, -0.1) is 24.8 Å². The number of hydrogen-bond donors (Lipinski definition) is 3. The van der Waals surface area contributed by atoms with Crippen LogP contribution in [0.25, 0.3) is 0 Å². The number of carbonyl (C=O) groups is 2. The van der Waals surface area contributed by atoms with Crippen molar-refractivity contribution in [3.63, 3.8) is 0 Å². The summed E-state index contributed by atoms with van der Waals surface area (Å²) in [5.74, 6) is -0.144. The Labute approximate surface area is 168 Å². The van der Waals surface area contributed by atoms with Gasteiger partial charge in [-0.1, -0.05) is 18.9 Å². The maximum Gasteiger partial charge on any atom is 0.238 e. The summed E-state index contributed by atoms with van der Waals surface area (Å²) in [5, 5.41) is 5.70. The molecule has 6 nitrogen and oxygen atoms in total. The molecule has 26 heavy (non-hydrogen) atoms. The van der Waals surface area contributed by atoms with Crippen LogP contribution >= 0.6 is 24.8 Å². The SMILES string of the molecule is CC(N)CC(=O)Nc1cccc(NC(=O)CN2CCCCCC2)c1.Cl.Cl. The zero-order valence-electron chi connectivity index (χ0n) is 15.2. The first kappa shape index (κ1) is 24.7. The van der Waals surface area contributed by atoms with Gasteiger partial charge in [-0.3, -0.25) is 14.5 Å². The van der Waals surface area contributed by atoms with Crippen LogP contribution < -0.4 is 16.4 Å². The van der Waals surface area contributed by atoms with Crippen molar-refractivity contribution >= 4 is 48.0 Å². The molecule has 0 bridgehead atoms. The number of nitrogens with two attached hydrogens (primary N) is 1. The minimum atomic E-state index is -0.179. The molecule has 1 unspecified atom stereocenters. The van der Waals surface area contributed by atoms with Crippen LogP contribution in [0, 0.1) is 0 Å². The van der Waals surface area contributed by atoms with Crippen molar-refractivity contribution in [2.45, 2.75) is 45.1 Å². The molecule has 4 N–H and O–H groups in total. The van der Waals surface area contributed by atoms with Gasteiger partial charge in [-0.05, 0) is 51.1 Å². The molecule has 0 saturated carbocycles. The Morgan fingerprint density at radius 2 is 1.58 bits per heavy atom. The van der Waals surface area contributed by atoms with Crippen LogP contribution in [0.5, 0.6) is 0 Å². The van der Waals surface area contributed by atoms with Gasteiger partial charge in [0.1, 0.15) is 0 Å². The van der Waals surface area contributed by atoms with E-state index in [-0.39, 0.29) is 49.1 Å². The smallest absolute Gasteiger partial charge is 0.238 e. The lowest BCUT2D eigenvalue weighted by atomic mass is 10.2. The molecule has 1 heterocycles. The Kier molecular flexibility index (Phi) is 12.3. The molecule has 1 fully saturated rings. The highest BCUT2D eigenvalue weighted by Gasteiger charge is 2.13. The van der Waals surface area contributed by atoms with Crippen molar-refractivity contribution in [1.82, 2.24) is 4.90 Å². The topological polar surface area (TPSA) is 87.5 Å². The molecule has 1 atom stereocenters. The zero-order valence-corrected chi connectivity index (χ0v) is 16.8. The number of anilines is 2. The second-order valence-electron chi connectivity index (χ2n) is 6.55. The van der Waals surface area contributed by atoms with Crippen LogP contribution in [0.1, 0.15) is 39.0 Å². The fourth-order valence-electron chi connectivity index (χ4n) is 2.88.